The van der Waals surface area contributed by atoms with E-state index in [0.29, 0.717) is 31.9 Å². The molecule has 0 spiro atoms. The fourth-order valence-corrected chi connectivity index (χ4v) is 4.21. The summed E-state index contributed by atoms with van der Waals surface area (Å²) in [6.07, 6.45) is 0.724. The number of sulfonamides is 1. The molecule has 2 amide bonds. The molecule has 1 fully saturated rings. The number of amides is 2. The average molecular weight is 428 g/mol. The lowest BCUT2D eigenvalue weighted by molar-refractivity contribution is -0.130. The molecule has 0 radical (unpaired) electrons. The Morgan fingerprint density at radius 1 is 1.24 bits per heavy atom. The van der Waals surface area contributed by atoms with Crippen LogP contribution in [0, 0.1) is 5.92 Å². The van der Waals surface area contributed by atoms with Gasteiger partial charge in [-0.3, -0.25) is 9.59 Å². The number of anilines is 1. The van der Waals surface area contributed by atoms with Gasteiger partial charge < -0.3 is 19.7 Å². The van der Waals surface area contributed by atoms with Gasteiger partial charge in [0.15, 0.2) is 0 Å². The summed E-state index contributed by atoms with van der Waals surface area (Å²) >= 11 is 0. The van der Waals surface area contributed by atoms with Crippen molar-refractivity contribution in [2.75, 3.05) is 45.8 Å². The molecule has 1 aliphatic rings. The number of likely N-dealkylation sites (tertiary alicyclic amines) is 1. The summed E-state index contributed by atoms with van der Waals surface area (Å²) in [7, 11) is -0.487. The maximum atomic E-state index is 12.5. The molecule has 1 aromatic carbocycles. The SMILES string of the molecule is COCCCNS(=O)(=O)c1ccc(NC(=O)[C@@H]2CC(=O)N([C@H](C)COC)C2)cc1. The minimum atomic E-state index is -3.61. The molecule has 1 aromatic rings. The summed E-state index contributed by atoms with van der Waals surface area (Å²) in [5.74, 6) is -0.790. The molecule has 29 heavy (non-hydrogen) atoms. The summed E-state index contributed by atoms with van der Waals surface area (Å²) in [5, 5.41) is 2.75. The lowest BCUT2D eigenvalue weighted by Crippen LogP contribution is -2.38. The smallest absolute Gasteiger partial charge is 0.240 e. The van der Waals surface area contributed by atoms with Crippen LogP contribution in [0.2, 0.25) is 0 Å². The van der Waals surface area contributed by atoms with Crippen molar-refractivity contribution < 1.29 is 27.5 Å². The van der Waals surface area contributed by atoms with Gasteiger partial charge in [0.05, 0.1) is 23.5 Å². The number of ether oxygens (including phenoxy) is 2. The van der Waals surface area contributed by atoms with Crippen molar-refractivity contribution in [3.63, 3.8) is 0 Å². The van der Waals surface area contributed by atoms with Gasteiger partial charge in [-0.25, -0.2) is 13.1 Å². The summed E-state index contributed by atoms with van der Waals surface area (Å²) < 4.78 is 36.9. The third-order valence-corrected chi connectivity index (χ3v) is 6.20. The van der Waals surface area contributed by atoms with E-state index >= 15 is 0 Å². The van der Waals surface area contributed by atoms with Crippen molar-refractivity contribution in [2.45, 2.75) is 30.7 Å². The van der Waals surface area contributed by atoms with Crippen LogP contribution in [0.1, 0.15) is 19.8 Å². The van der Waals surface area contributed by atoms with Crippen LogP contribution in [0.25, 0.3) is 0 Å². The van der Waals surface area contributed by atoms with E-state index in [1.807, 2.05) is 6.92 Å². The van der Waals surface area contributed by atoms with Gasteiger partial charge in [-0.1, -0.05) is 0 Å². The first-order valence-electron chi connectivity index (χ1n) is 9.46. The van der Waals surface area contributed by atoms with E-state index in [0.717, 1.165) is 0 Å². The fraction of sp³-hybridized carbons (Fsp3) is 0.579. The largest absolute Gasteiger partial charge is 0.385 e. The number of carbonyl (C=O) groups excluding carboxylic acids is 2. The number of rotatable bonds is 11. The molecule has 1 heterocycles. The Morgan fingerprint density at radius 2 is 1.93 bits per heavy atom. The van der Waals surface area contributed by atoms with E-state index in [2.05, 4.69) is 10.0 Å². The van der Waals surface area contributed by atoms with Gasteiger partial charge in [-0.15, -0.1) is 0 Å². The molecule has 10 heteroatoms. The second-order valence-electron chi connectivity index (χ2n) is 7.01. The molecule has 9 nitrogen and oxygen atoms in total. The highest BCUT2D eigenvalue weighted by atomic mass is 32.2. The predicted molar refractivity (Wildman–Crippen MR) is 108 cm³/mol. The first-order chi connectivity index (χ1) is 13.8. The molecular formula is C19H29N3O6S. The van der Waals surface area contributed by atoms with Gasteiger partial charge in [0.1, 0.15) is 0 Å². The van der Waals surface area contributed by atoms with Crippen LogP contribution in [0.4, 0.5) is 5.69 Å². The third kappa shape index (κ3) is 6.49. The van der Waals surface area contributed by atoms with E-state index in [4.69, 9.17) is 9.47 Å². The molecule has 1 saturated heterocycles. The van der Waals surface area contributed by atoms with Crippen molar-refractivity contribution >= 4 is 27.5 Å². The Morgan fingerprint density at radius 3 is 2.55 bits per heavy atom. The number of nitrogens with zero attached hydrogens (tertiary/aromatic N) is 1. The highest BCUT2D eigenvalue weighted by Crippen LogP contribution is 2.22. The topological polar surface area (TPSA) is 114 Å². The van der Waals surface area contributed by atoms with Crippen molar-refractivity contribution in [2.24, 2.45) is 5.92 Å². The number of nitrogens with one attached hydrogen (secondary N) is 2. The van der Waals surface area contributed by atoms with E-state index in [1.165, 1.54) is 24.3 Å². The first-order valence-corrected chi connectivity index (χ1v) is 10.9. The van der Waals surface area contributed by atoms with Crippen LogP contribution >= 0.6 is 0 Å². The summed E-state index contributed by atoms with van der Waals surface area (Å²) in [6.45, 7) is 3.38. The standard InChI is InChI=1S/C19H29N3O6S/c1-14(13-28-3)22-12-15(11-18(22)23)19(24)21-16-5-7-17(8-6-16)29(25,26)20-9-4-10-27-2/h5-8,14-15,20H,4,9-13H2,1-3H3,(H,21,24)/t14-,15-/m1/s1. The second-order valence-corrected chi connectivity index (χ2v) is 8.78. The Kier molecular flexibility index (Phi) is 8.57. The molecule has 1 aliphatic heterocycles. The number of methoxy groups -OCH3 is 2. The van der Waals surface area contributed by atoms with E-state index in [1.54, 1.807) is 19.1 Å². The summed E-state index contributed by atoms with van der Waals surface area (Å²) in [4.78, 5) is 26.4. The maximum Gasteiger partial charge on any atom is 0.240 e. The average Bonchev–Trinajstić information content (AvgIpc) is 3.08. The van der Waals surface area contributed by atoms with Crippen LogP contribution < -0.4 is 10.0 Å². The third-order valence-electron chi connectivity index (χ3n) is 4.72. The van der Waals surface area contributed by atoms with Gasteiger partial charge in [0, 0.05) is 46.0 Å². The summed E-state index contributed by atoms with van der Waals surface area (Å²) in [5.41, 5.74) is 0.476. The second kappa shape index (κ2) is 10.7. The lowest BCUT2D eigenvalue weighted by atomic mass is 10.1. The molecule has 2 N–H and O–H groups in total. The Balaban J connectivity index is 1.92. The van der Waals surface area contributed by atoms with E-state index in [-0.39, 0.29) is 35.7 Å². The van der Waals surface area contributed by atoms with Crippen LogP contribution in [-0.2, 0) is 29.1 Å². The van der Waals surface area contributed by atoms with Gasteiger partial charge in [-0.05, 0) is 37.6 Å². The first kappa shape index (κ1) is 23.3. The molecule has 2 rings (SSSR count). The van der Waals surface area contributed by atoms with Crippen LogP contribution in [0.3, 0.4) is 0 Å². The van der Waals surface area contributed by atoms with E-state index in [9.17, 15) is 18.0 Å². The molecule has 162 valence electrons. The molecule has 2 atom stereocenters. The number of carbonyl (C=O) groups is 2. The molecule has 0 aromatic heterocycles. The zero-order chi connectivity index (χ0) is 21.4. The molecule has 0 bridgehead atoms. The normalized spacial score (nSPS) is 18.1. The van der Waals surface area contributed by atoms with Crippen LogP contribution in [-0.4, -0.2) is 71.7 Å². The van der Waals surface area contributed by atoms with Gasteiger partial charge in [0.25, 0.3) is 0 Å². The zero-order valence-electron chi connectivity index (χ0n) is 17.0. The van der Waals surface area contributed by atoms with Crippen molar-refractivity contribution in [3.05, 3.63) is 24.3 Å². The number of benzene rings is 1. The van der Waals surface area contributed by atoms with Crippen LogP contribution in [0.5, 0.6) is 0 Å². The highest BCUT2D eigenvalue weighted by molar-refractivity contribution is 7.89. The quantitative estimate of drug-likeness (QED) is 0.506. The Bertz CT molecular complexity index is 797. The van der Waals surface area contributed by atoms with Crippen molar-refractivity contribution in [1.29, 1.82) is 0 Å². The van der Waals surface area contributed by atoms with Crippen molar-refractivity contribution in [1.82, 2.24) is 9.62 Å². The Hall–Kier alpha value is -2.01. The maximum absolute atomic E-state index is 12.5. The van der Waals surface area contributed by atoms with Gasteiger partial charge in [-0.2, -0.15) is 0 Å². The lowest BCUT2D eigenvalue weighted by Gasteiger charge is -2.23. The van der Waals surface area contributed by atoms with Gasteiger partial charge >= 0.3 is 0 Å². The molecular weight excluding hydrogens is 398 g/mol. The highest BCUT2D eigenvalue weighted by Gasteiger charge is 2.36. The minimum absolute atomic E-state index is 0.0734. The van der Waals surface area contributed by atoms with E-state index < -0.39 is 15.9 Å². The Labute approximate surface area is 171 Å². The van der Waals surface area contributed by atoms with Crippen LogP contribution in [0.15, 0.2) is 29.2 Å². The zero-order valence-corrected chi connectivity index (χ0v) is 17.8. The fourth-order valence-electron chi connectivity index (χ4n) is 3.13. The molecule has 0 unspecified atom stereocenters. The predicted octanol–water partition coefficient (Wildman–Crippen LogP) is 0.823. The monoisotopic (exact) mass is 427 g/mol. The van der Waals surface area contributed by atoms with Gasteiger partial charge in [0.2, 0.25) is 21.8 Å². The van der Waals surface area contributed by atoms with Crippen molar-refractivity contribution in [3.8, 4) is 0 Å². The number of hydrogen-bond acceptors (Lipinski definition) is 6. The summed E-state index contributed by atoms with van der Waals surface area (Å²) in [6, 6.07) is 5.83. The minimum Gasteiger partial charge on any atom is -0.385 e. The molecule has 0 aliphatic carbocycles. The molecule has 0 saturated carbocycles. The number of hydrogen-bond donors (Lipinski definition) is 2.